The van der Waals surface area contributed by atoms with Crippen LogP contribution in [0.5, 0.6) is 5.88 Å². The summed E-state index contributed by atoms with van der Waals surface area (Å²) in [5, 5.41) is 2.91. The first-order valence-corrected chi connectivity index (χ1v) is 7.81. The van der Waals surface area contributed by atoms with Gasteiger partial charge < -0.3 is 15.0 Å². The number of pyridine rings is 1. The van der Waals surface area contributed by atoms with E-state index in [2.05, 4.69) is 22.1 Å². The van der Waals surface area contributed by atoms with Crippen LogP contribution in [-0.2, 0) is 6.54 Å². The molecule has 0 atom stereocenters. The Balaban J connectivity index is 1.95. The van der Waals surface area contributed by atoms with Crippen LogP contribution in [0, 0.1) is 0 Å². The topological polar surface area (TPSA) is 54.5 Å². The van der Waals surface area contributed by atoms with E-state index in [1.807, 2.05) is 50.4 Å². The van der Waals surface area contributed by atoms with Gasteiger partial charge in [0.2, 0.25) is 5.88 Å². The van der Waals surface area contributed by atoms with Crippen molar-refractivity contribution in [3.63, 3.8) is 0 Å². The molecule has 1 heterocycles. The van der Waals surface area contributed by atoms with E-state index < -0.39 is 0 Å². The number of nitrogens with one attached hydrogen (secondary N) is 1. The van der Waals surface area contributed by atoms with E-state index in [0.29, 0.717) is 24.6 Å². The smallest absolute Gasteiger partial charge is 0.251 e. The number of benzene rings is 1. The number of amides is 1. The largest absolute Gasteiger partial charge is 0.478 e. The zero-order valence-electron chi connectivity index (χ0n) is 13.9. The first-order valence-electron chi connectivity index (χ1n) is 7.81. The van der Waals surface area contributed by atoms with Gasteiger partial charge in [0.15, 0.2) is 0 Å². The van der Waals surface area contributed by atoms with Crippen LogP contribution in [-0.4, -0.2) is 31.1 Å². The van der Waals surface area contributed by atoms with E-state index in [4.69, 9.17) is 4.74 Å². The highest BCUT2D eigenvalue weighted by molar-refractivity contribution is 5.94. The number of rotatable bonds is 7. The predicted molar refractivity (Wildman–Crippen MR) is 92.0 cm³/mol. The number of aromatic nitrogens is 1. The normalized spacial score (nSPS) is 10.2. The van der Waals surface area contributed by atoms with Gasteiger partial charge in [0.1, 0.15) is 0 Å². The van der Waals surface area contributed by atoms with Crippen molar-refractivity contribution in [2.24, 2.45) is 0 Å². The minimum Gasteiger partial charge on any atom is -0.478 e. The monoisotopic (exact) mass is 313 g/mol. The Labute approximate surface area is 137 Å². The molecular weight excluding hydrogens is 290 g/mol. The van der Waals surface area contributed by atoms with E-state index in [1.54, 1.807) is 6.20 Å². The molecule has 0 saturated heterocycles. The maximum atomic E-state index is 12.2. The second-order valence-corrected chi connectivity index (χ2v) is 5.18. The lowest BCUT2D eigenvalue weighted by Gasteiger charge is -2.16. The third-order valence-electron chi connectivity index (χ3n) is 3.59. The van der Waals surface area contributed by atoms with Crippen LogP contribution < -0.4 is 15.0 Å². The van der Waals surface area contributed by atoms with Gasteiger partial charge in [0, 0.05) is 43.7 Å². The second kappa shape index (κ2) is 8.17. The summed E-state index contributed by atoms with van der Waals surface area (Å²) < 4.78 is 5.36. The molecule has 1 amide bonds. The van der Waals surface area contributed by atoms with Crippen molar-refractivity contribution in [3.8, 4) is 5.88 Å². The van der Waals surface area contributed by atoms with Gasteiger partial charge in [-0.2, -0.15) is 0 Å². The summed E-state index contributed by atoms with van der Waals surface area (Å²) in [6.45, 7) is 5.94. The SMILES string of the molecule is CCOc1cc(CNC(=O)c2ccc(N(C)CC)cc2)ccn1. The van der Waals surface area contributed by atoms with Crippen molar-refractivity contribution in [2.45, 2.75) is 20.4 Å². The maximum absolute atomic E-state index is 12.2. The average molecular weight is 313 g/mol. The molecule has 0 aliphatic rings. The molecule has 23 heavy (non-hydrogen) atoms. The van der Waals surface area contributed by atoms with E-state index >= 15 is 0 Å². The number of hydrogen-bond acceptors (Lipinski definition) is 4. The number of carbonyl (C=O) groups is 1. The van der Waals surface area contributed by atoms with Crippen molar-refractivity contribution >= 4 is 11.6 Å². The van der Waals surface area contributed by atoms with Crippen LogP contribution in [0.3, 0.4) is 0 Å². The van der Waals surface area contributed by atoms with Crippen molar-refractivity contribution in [1.82, 2.24) is 10.3 Å². The highest BCUT2D eigenvalue weighted by atomic mass is 16.5. The number of carbonyl (C=O) groups excluding carboxylic acids is 1. The van der Waals surface area contributed by atoms with Crippen LogP contribution >= 0.6 is 0 Å². The zero-order valence-corrected chi connectivity index (χ0v) is 13.9. The van der Waals surface area contributed by atoms with Crippen molar-refractivity contribution in [2.75, 3.05) is 25.1 Å². The molecule has 122 valence electrons. The average Bonchev–Trinajstić information content (AvgIpc) is 2.60. The van der Waals surface area contributed by atoms with Crippen LogP contribution in [0.2, 0.25) is 0 Å². The summed E-state index contributed by atoms with van der Waals surface area (Å²) in [5.41, 5.74) is 2.70. The Hall–Kier alpha value is -2.56. The van der Waals surface area contributed by atoms with Crippen LogP contribution in [0.4, 0.5) is 5.69 Å². The highest BCUT2D eigenvalue weighted by Gasteiger charge is 2.07. The van der Waals surface area contributed by atoms with Crippen molar-refractivity contribution in [3.05, 3.63) is 53.7 Å². The van der Waals surface area contributed by atoms with Crippen molar-refractivity contribution < 1.29 is 9.53 Å². The number of ether oxygens (including phenoxy) is 1. The molecule has 0 radical (unpaired) electrons. The molecule has 5 nitrogen and oxygen atoms in total. The van der Waals surface area contributed by atoms with Gasteiger partial charge in [-0.1, -0.05) is 0 Å². The molecule has 2 aromatic rings. The molecule has 0 bridgehead atoms. The van der Waals surface area contributed by atoms with Gasteiger partial charge in [0.25, 0.3) is 5.91 Å². The van der Waals surface area contributed by atoms with Gasteiger partial charge in [0.05, 0.1) is 6.61 Å². The van der Waals surface area contributed by atoms with Crippen molar-refractivity contribution in [1.29, 1.82) is 0 Å². The van der Waals surface area contributed by atoms with Crippen LogP contribution in [0.1, 0.15) is 29.8 Å². The quantitative estimate of drug-likeness (QED) is 0.854. The Morgan fingerprint density at radius 1 is 1.22 bits per heavy atom. The summed E-state index contributed by atoms with van der Waals surface area (Å²) in [6, 6.07) is 11.3. The molecule has 1 N–H and O–H groups in total. The molecule has 0 aliphatic heterocycles. The fraction of sp³-hybridized carbons (Fsp3) is 0.333. The third kappa shape index (κ3) is 4.71. The molecule has 2 rings (SSSR count). The molecule has 0 aliphatic carbocycles. The van der Waals surface area contributed by atoms with Crippen LogP contribution in [0.15, 0.2) is 42.6 Å². The molecule has 1 aromatic carbocycles. The predicted octanol–water partition coefficient (Wildman–Crippen LogP) is 2.87. The lowest BCUT2D eigenvalue weighted by molar-refractivity contribution is 0.0951. The molecule has 5 heteroatoms. The Morgan fingerprint density at radius 2 is 1.96 bits per heavy atom. The lowest BCUT2D eigenvalue weighted by Crippen LogP contribution is -2.23. The van der Waals surface area contributed by atoms with Gasteiger partial charge in [-0.05, 0) is 49.7 Å². The molecule has 0 unspecified atom stereocenters. The summed E-state index contributed by atoms with van der Waals surface area (Å²) in [5.74, 6) is 0.483. The van der Waals surface area contributed by atoms with E-state index in [1.165, 1.54) is 0 Å². The molecule has 0 spiro atoms. The second-order valence-electron chi connectivity index (χ2n) is 5.18. The number of nitrogens with zero attached hydrogens (tertiary/aromatic N) is 2. The van der Waals surface area contributed by atoms with Gasteiger partial charge >= 0.3 is 0 Å². The summed E-state index contributed by atoms with van der Waals surface area (Å²) in [7, 11) is 2.02. The van der Waals surface area contributed by atoms with Gasteiger partial charge in [-0.25, -0.2) is 4.98 Å². The first-order chi connectivity index (χ1) is 11.1. The first kappa shape index (κ1) is 16.8. The molecule has 0 fully saturated rings. The number of anilines is 1. The van der Waals surface area contributed by atoms with E-state index in [-0.39, 0.29) is 5.91 Å². The highest BCUT2D eigenvalue weighted by Crippen LogP contribution is 2.14. The van der Waals surface area contributed by atoms with Crippen LogP contribution in [0.25, 0.3) is 0 Å². The summed E-state index contributed by atoms with van der Waals surface area (Å²) in [4.78, 5) is 18.4. The van der Waals surface area contributed by atoms with E-state index in [0.717, 1.165) is 17.8 Å². The third-order valence-corrected chi connectivity index (χ3v) is 3.59. The molecular formula is C18H23N3O2. The minimum absolute atomic E-state index is 0.0922. The van der Waals surface area contributed by atoms with Gasteiger partial charge in [-0.3, -0.25) is 4.79 Å². The lowest BCUT2D eigenvalue weighted by atomic mass is 10.1. The maximum Gasteiger partial charge on any atom is 0.251 e. The number of hydrogen-bond donors (Lipinski definition) is 1. The van der Waals surface area contributed by atoms with E-state index in [9.17, 15) is 4.79 Å². The standard InChI is InChI=1S/C18H23N3O2/c1-4-21(3)16-8-6-15(7-9-16)18(22)20-13-14-10-11-19-17(12-14)23-5-2/h6-12H,4-5,13H2,1-3H3,(H,20,22). The molecule has 1 aromatic heterocycles. The molecule has 0 saturated carbocycles. The summed E-state index contributed by atoms with van der Waals surface area (Å²) in [6.07, 6.45) is 1.68. The summed E-state index contributed by atoms with van der Waals surface area (Å²) >= 11 is 0. The Morgan fingerprint density at radius 3 is 2.61 bits per heavy atom. The zero-order chi connectivity index (χ0) is 16.7. The van der Waals surface area contributed by atoms with Gasteiger partial charge in [-0.15, -0.1) is 0 Å². The Bertz CT molecular complexity index is 641. The Kier molecular flexibility index (Phi) is 5.97. The fourth-order valence-corrected chi connectivity index (χ4v) is 2.12. The minimum atomic E-state index is -0.0922. The fourth-order valence-electron chi connectivity index (χ4n) is 2.12.